The van der Waals surface area contributed by atoms with Crippen molar-refractivity contribution in [1.82, 2.24) is 19.8 Å². The molecule has 0 aliphatic rings. The second-order valence-corrected chi connectivity index (χ2v) is 6.93. The van der Waals surface area contributed by atoms with Crippen LogP contribution in [0.4, 0.5) is 0 Å². The fourth-order valence-corrected chi connectivity index (χ4v) is 3.14. The minimum absolute atomic E-state index is 0.553. The van der Waals surface area contributed by atoms with E-state index in [4.69, 9.17) is 16.3 Å². The summed E-state index contributed by atoms with van der Waals surface area (Å²) in [5, 5.41) is 14.5. The number of benzene rings is 1. The van der Waals surface area contributed by atoms with Crippen molar-refractivity contribution in [2.24, 2.45) is 0 Å². The fraction of sp³-hybridized carbons (Fsp3) is 0.400. The smallest absolute Gasteiger partial charge is 0.234 e. The van der Waals surface area contributed by atoms with Crippen molar-refractivity contribution in [3.8, 4) is 5.75 Å². The van der Waals surface area contributed by atoms with E-state index in [-0.39, 0.29) is 0 Å². The highest BCUT2D eigenvalue weighted by atomic mass is 35.5. The van der Waals surface area contributed by atoms with Crippen LogP contribution >= 0.6 is 22.9 Å². The summed E-state index contributed by atoms with van der Waals surface area (Å²) in [4.78, 5) is 0.797. The van der Waals surface area contributed by atoms with Crippen molar-refractivity contribution < 1.29 is 4.74 Å². The van der Waals surface area contributed by atoms with Gasteiger partial charge in [-0.1, -0.05) is 29.9 Å². The lowest BCUT2D eigenvalue weighted by atomic mass is 10.1. The van der Waals surface area contributed by atoms with E-state index in [9.17, 15) is 0 Å². The summed E-state index contributed by atoms with van der Waals surface area (Å²) >= 11 is 7.40. The van der Waals surface area contributed by atoms with E-state index in [2.05, 4.69) is 22.2 Å². The standard InChI is InChI=1S/C15H17ClN4OS/c1-4-5-12-17-18-14-20(12)19-13(22-14)15(2,3)21-11-8-6-10(16)7-9-11/h6-9H,4-5H2,1-3H3. The molecule has 22 heavy (non-hydrogen) atoms. The SMILES string of the molecule is CCCc1nnc2sc(C(C)(C)Oc3ccc(Cl)cc3)nn12. The number of hydrogen-bond donors (Lipinski definition) is 0. The van der Waals surface area contributed by atoms with Crippen LogP contribution < -0.4 is 4.74 Å². The lowest BCUT2D eigenvalue weighted by molar-refractivity contribution is 0.107. The highest BCUT2D eigenvalue weighted by molar-refractivity contribution is 7.16. The van der Waals surface area contributed by atoms with E-state index < -0.39 is 5.60 Å². The number of halogens is 1. The number of aryl methyl sites for hydroxylation is 1. The molecule has 0 fully saturated rings. The van der Waals surface area contributed by atoms with Crippen LogP contribution in [0, 0.1) is 0 Å². The third-order valence-corrected chi connectivity index (χ3v) is 4.69. The number of fused-ring (bicyclic) bond motifs is 1. The second-order valence-electron chi connectivity index (χ2n) is 5.53. The van der Waals surface area contributed by atoms with Crippen LogP contribution in [0.1, 0.15) is 38.0 Å². The van der Waals surface area contributed by atoms with Crippen molar-refractivity contribution >= 4 is 27.9 Å². The Labute approximate surface area is 137 Å². The lowest BCUT2D eigenvalue weighted by Gasteiger charge is -2.23. The van der Waals surface area contributed by atoms with Gasteiger partial charge in [-0.2, -0.15) is 9.61 Å². The summed E-state index contributed by atoms with van der Waals surface area (Å²) in [5.41, 5.74) is -0.553. The molecule has 0 saturated carbocycles. The zero-order valence-corrected chi connectivity index (χ0v) is 14.3. The number of ether oxygens (including phenoxy) is 1. The van der Waals surface area contributed by atoms with E-state index in [1.165, 1.54) is 11.3 Å². The van der Waals surface area contributed by atoms with Gasteiger partial charge in [0.05, 0.1) is 0 Å². The Morgan fingerprint density at radius 1 is 1.23 bits per heavy atom. The highest BCUT2D eigenvalue weighted by Gasteiger charge is 2.28. The first-order valence-corrected chi connectivity index (χ1v) is 8.35. The molecular weight excluding hydrogens is 320 g/mol. The molecule has 0 aliphatic carbocycles. The lowest BCUT2D eigenvalue weighted by Crippen LogP contribution is -2.25. The molecule has 5 nitrogen and oxygen atoms in total. The normalized spacial score (nSPS) is 12.0. The van der Waals surface area contributed by atoms with Gasteiger partial charge in [-0.3, -0.25) is 0 Å². The molecule has 116 valence electrons. The summed E-state index contributed by atoms with van der Waals surface area (Å²) in [6.45, 7) is 6.10. The molecule has 3 rings (SSSR count). The van der Waals surface area contributed by atoms with E-state index in [0.29, 0.717) is 5.02 Å². The van der Waals surface area contributed by atoms with Gasteiger partial charge < -0.3 is 4.74 Å². The molecule has 0 bridgehead atoms. The first-order valence-electron chi connectivity index (χ1n) is 7.16. The molecule has 0 radical (unpaired) electrons. The third-order valence-electron chi connectivity index (χ3n) is 3.23. The Balaban J connectivity index is 1.89. The Morgan fingerprint density at radius 2 is 1.95 bits per heavy atom. The van der Waals surface area contributed by atoms with Crippen LogP contribution in [-0.4, -0.2) is 19.8 Å². The monoisotopic (exact) mass is 336 g/mol. The summed E-state index contributed by atoms with van der Waals surface area (Å²) in [7, 11) is 0. The Hall–Kier alpha value is -1.66. The average molecular weight is 337 g/mol. The van der Waals surface area contributed by atoms with Gasteiger partial charge in [0.2, 0.25) is 4.96 Å². The largest absolute Gasteiger partial charge is 0.481 e. The highest BCUT2D eigenvalue weighted by Crippen LogP contribution is 2.31. The minimum Gasteiger partial charge on any atom is -0.481 e. The summed E-state index contributed by atoms with van der Waals surface area (Å²) in [5.74, 6) is 1.65. The maximum atomic E-state index is 6.07. The van der Waals surface area contributed by atoms with Gasteiger partial charge in [-0.25, -0.2) is 0 Å². The first-order chi connectivity index (χ1) is 10.5. The van der Waals surface area contributed by atoms with Gasteiger partial charge in [-0.15, -0.1) is 10.2 Å². The van der Waals surface area contributed by atoms with Crippen LogP contribution in [0.5, 0.6) is 5.75 Å². The van der Waals surface area contributed by atoms with Crippen molar-refractivity contribution in [2.75, 3.05) is 0 Å². The van der Waals surface area contributed by atoms with Gasteiger partial charge in [0, 0.05) is 11.4 Å². The first kappa shape index (κ1) is 15.2. The van der Waals surface area contributed by atoms with Crippen molar-refractivity contribution in [2.45, 2.75) is 39.2 Å². The molecule has 0 saturated heterocycles. The van der Waals surface area contributed by atoms with Crippen molar-refractivity contribution in [1.29, 1.82) is 0 Å². The second kappa shape index (κ2) is 5.85. The maximum absolute atomic E-state index is 6.07. The van der Waals surface area contributed by atoms with Crippen LogP contribution in [0.2, 0.25) is 5.02 Å². The molecule has 0 N–H and O–H groups in total. The Morgan fingerprint density at radius 3 is 2.64 bits per heavy atom. The van der Waals surface area contributed by atoms with Crippen molar-refractivity contribution in [3.63, 3.8) is 0 Å². The Bertz CT molecular complexity index is 779. The van der Waals surface area contributed by atoms with Gasteiger partial charge >= 0.3 is 0 Å². The molecule has 0 spiro atoms. The zero-order valence-electron chi connectivity index (χ0n) is 12.7. The van der Waals surface area contributed by atoms with Gasteiger partial charge in [0.15, 0.2) is 16.4 Å². The number of nitrogens with zero attached hydrogens (tertiary/aromatic N) is 4. The maximum Gasteiger partial charge on any atom is 0.234 e. The molecule has 0 unspecified atom stereocenters. The number of hydrogen-bond acceptors (Lipinski definition) is 5. The van der Waals surface area contributed by atoms with E-state index >= 15 is 0 Å². The summed E-state index contributed by atoms with van der Waals surface area (Å²) < 4.78 is 7.89. The molecule has 0 amide bonds. The van der Waals surface area contributed by atoms with Crippen LogP contribution in [-0.2, 0) is 12.0 Å². The molecular formula is C15H17ClN4OS. The fourth-order valence-electron chi connectivity index (χ4n) is 2.12. The summed E-state index contributed by atoms with van der Waals surface area (Å²) in [6, 6.07) is 7.33. The molecule has 3 aromatic rings. The van der Waals surface area contributed by atoms with E-state index in [0.717, 1.165) is 34.4 Å². The van der Waals surface area contributed by atoms with Crippen LogP contribution in [0.25, 0.3) is 4.96 Å². The molecule has 1 aromatic carbocycles. The van der Waals surface area contributed by atoms with Gasteiger partial charge in [0.1, 0.15) is 5.75 Å². The van der Waals surface area contributed by atoms with E-state index in [1.54, 1.807) is 0 Å². The molecule has 0 aliphatic heterocycles. The molecule has 2 aromatic heterocycles. The molecule has 2 heterocycles. The summed E-state index contributed by atoms with van der Waals surface area (Å²) in [6.07, 6.45) is 1.88. The van der Waals surface area contributed by atoms with Gasteiger partial charge in [0.25, 0.3) is 0 Å². The predicted molar refractivity (Wildman–Crippen MR) is 87.8 cm³/mol. The predicted octanol–water partition coefficient (Wildman–Crippen LogP) is 4.11. The van der Waals surface area contributed by atoms with Crippen molar-refractivity contribution in [3.05, 3.63) is 40.1 Å². The zero-order chi connectivity index (χ0) is 15.7. The van der Waals surface area contributed by atoms with Crippen LogP contribution in [0.3, 0.4) is 0 Å². The van der Waals surface area contributed by atoms with E-state index in [1.807, 2.05) is 42.6 Å². The molecule has 7 heteroatoms. The topological polar surface area (TPSA) is 52.3 Å². The molecule has 0 atom stereocenters. The van der Waals surface area contributed by atoms with Gasteiger partial charge in [-0.05, 0) is 44.5 Å². The number of rotatable bonds is 5. The third kappa shape index (κ3) is 2.94. The quantitative estimate of drug-likeness (QED) is 0.703. The van der Waals surface area contributed by atoms with Crippen LogP contribution in [0.15, 0.2) is 24.3 Å². The Kier molecular flexibility index (Phi) is 4.06. The minimum atomic E-state index is -0.553. The number of aromatic nitrogens is 4. The average Bonchev–Trinajstić information content (AvgIpc) is 3.04.